The molecule has 0 aliphatic rings. The van der Waals surface area contributed by atoms with Crippen LogP contribution in [0.5, 0.6) is 0 Å². The van der Waals surface area contributed by atoms with E-state index in [2.05, 4.69) is 20.1 Å². The van der Waals surface area contributed by atoms with Crippen molar-refractivity contribution < 1.29 is 9.53 Å². The van der Waals surface area contributed by atoms with Gasteiger partial charge < -0.3 is 4.74 Å². The van der Waals surface area contributed by atoms with Crippen LogP contribution in [0.25, 0.3) is 10.4 Å². The first-order valence-corrected chi connectivity index (χ1v) is 4.79. The fourth-order valence-corrected chi connectivity index (χ4v) is 0.913. The van der Waals surface area contributed by atoms with Gasteiger partial charge in [-0.2, -0.15) is 10.1 Å². The molecule has 0 saturated carbocycles. The first-order chi connectivity index (χ1) is 7.92. The fourth-order valence-electron chi connectivity index (χ4n) is 0.913. The van der Waals surface area contributed by atoms with Crippen molar-refractivity contribution in [3.05, 3.63) is 28.9 Å². The highest BCUT2D eigenvalue weighted by Crippen LogP contribution is 2.08. The summed E-state index contributed by atoms with van der Waals surface area (Å²) in [6.07, 6.45) is 2.13. The number of aromatic nitrogens is 2. The number of aliphatic imine (C=N–C) groups is 1. The summed E-state index contributed by atoms with van der Waals surface area (Å²) in [4.78, 5) is 17.5. The third-order valence-electron chi connectivity index (χ3n) is 1.43. The normalized spacial score (nSPS) is 11.8. The van der Waals surface area contributed by atoms with Crippen LogP contribution in [0, 0.1) is 0 Å². The number of rotatable bonds is 0. The van der Waals surface area contributed by atoms with Crippen LogP contribution in [0.4, 0.5) is 4.79 Å². The van der Waals surface area contributed by atoms with Crippen molar-refractivity contribution in [3.63, 3.8) is 0 Å². The monoisotopic (exact) mass is 236 g/mol. The van der Waals surface area contributed by atoms with Crippen molar-refractivity contribution >= 4 is 12.1 Å². The van der Waals surface area contributed by atoms with Crippen molar-refractivity contribution in [1.82, 2.24) is 9.78 Å². The molecule has 0 unspecified atom stereocenters. The molecular formula is C9H12N6O2. The molecule has 0 aliphatic carbocycles. The van der Waals surface area contributed by atoms with Crippen LogP contribution in [0.1, 0.15) is 20.8 Å². The van der Waals surface area contributed by atoms with E-state index in [0.717, 1.165) is 0 Å². The van der Waals surface area contributed by atoms with Gasteiger partial charge in [-0.25, -0.2) is 9.48 Å². The minimum Gasteiger partial charge on any atom is -0.442 e. The lowest BCUT2D eigenvalue weighted by Crippen LogP contribution is -2.23. The topological polar surface area (TPSA) is 105 Å². The van der Waals surface area contributed by atoms with Crippen LogP contribution < -0.4 is 0 Å². The Morgan fingerprint density at radius 2 is 2.24 bits per heavy atom. The largest absolute Gasteiger partial charge is 0.442 e. The lowest BCUT2D eigenvalue weighted by atomic mass is 10.2. The minimum absolute atomic E-state index is 0.188. The molecule has 1 aromatic rings. The van der Waals surface area contributed by atoms with E-state index < -0.39 is 11.7 Å². The maximum Gasteiger partial charge on any atom is 0.436 e. The summed E-state index contributed by atoms with van der Waals surface area (Å²) in [5, 5.41) is 7.06. The summed E-state index contributed by atoms with van der Waals surface area (Å²) in [7, 11) is 0. The highest BCUT2D eigenvalue weighted by Gasteiger charge is 2.16. The molecule has 0 fully saturated rings. The molecule has 17 heavy (non-hydrogen) atoms. The Hall–Kier alpha value is -2.34. The SMILES string of the molecule is CC(C)(C)OC(=O)N=C(N=[N+]=[N-])n1cccn1. The smallest absolute Gasteiger partial charge is 0.436 e. The molecule has 90 valence electrons. The Bertz CT molecular complexity index is 464. The van der Waals surface area contributed by atoms with Gasteiger partial charge in [0.2, 0.25) is 5.96 Å². The number of carbonyl (C=O) groups is 1. The van der Waals surface area contributed by atoms with Gasteiger partial charge in [-0.1, -0.05) is 0 Å². The van der Waals surface area contributed by atoms with E-state index in [-0.39, 0.29) is 5.96 Å². The average molecular weight is 236 g/mol. The van der Waals surface area contributed by atoms with Gasteiger partial charge in [-0.3, -0.25) is 0 Å². The molecule has 0 saturated heterocycles. The Morgan fingerprint density at radius 1 is 1.53 bits per heavy atom. The average Bonchev–Trinajstić information content (AvgIpc) is 2.66. The summed E-state index contributed by atoms with van der Waals surface area (Å²) in [5.41, 5.74) is 7.70. The van der Waals surface area contributed by atoms with E-state index in [4.69, 9.17) is 10.3 Å². The number of hydrogen-bond donors (Lipinski definition) is 0. The van der Waals surface area contributed by atoms with Crippen LogP contribution in [0.2, 0.25) is 0 Å². The number of carbonyl (C=O) groups excluding carboxylic acids is 1. The molecular weight excluding hydrogens is 224 g/mol. The zero-order valence-corrected chi connectivity index (χ0v) is 9.73. The number of nitrogens with zero attached hydrogens (tertiary/aromatic N) is 6. The zero-order chi connectivity index (χ0) is 12.9. The molecule has 8 nitrogen and oxygen atoms in total. The second-order valence-corrected chi connectivity index (χ2v) is 4.03. The summed E-state index contributed by atoms with van der Waals surface area (Å²) in [6.45, 7) is 5.13. The molecule has 0 bridgehead atoms. The zero-order valence-electron chi connectivity index (χ0n) is 9.73. The van der Waals surface area contributed by atoms with Gasteiger partial charge in [-0.15, -0.1) is 0 Å². The van der Waals surface area contributed by atoms with Crippen molar-refractivity contribution in [1.29, 1.82) is 0 Å². The van der Waals surface area contributed by atoms with Crippen LogP contribution in [-0.2, 0) is 4.74 Å². The van der Waals surface area contributed by atoms with E-state index >= 15 is 0 Å². The van der Waals surface area contributed by atoms with Crippen molar-refractivity contribution in [2.75, 3.05) is 0 Å². The number of hydrogen-bond acceptors (Lipinski definition) is 3. The second kappa shape index (κ2) is 5.13. The maximum absolute atomic E-state index is 11.4. The third-order valence-corrected chi connectivity index (χ3v) is 1.43. The molecule has 1 amide bonds. The first kappa shape index (κ1) is 12.7. The molecule has 1 aromatic heterocycles. The Morgan fingerprint density at radius 3 is 2.71 bits per heavy atom. The molecule has 0 aromatic carbocycles. The Kier molecular flexibility index (Phi) is 3.84. The van der Waals surface area contributed by atoms with Gasteiger partial charge in [0.15, 0.2) is 0 Å². The van der Waals surface area contributed by atoms with Crippen LogP contribution in [-0.4, -0.2) is 27.4 Å². The van der Waals surface area contributed by atoms with E-state index in [0.29, 0.717) is 0 Å². The summed E-state index contributed by atoms with van der Waals surface area (Å²) >= 11 is 0. The molecule has 1 heterocycles. The van der Waals surface area contributed by atoms with Gasteiger partial charge in [0.25, 0.3) is 0 Å². The fraction of sp³-hybridized carbons (Fsp3) is 0.444. The van der Waals surface area contributed by atoms with E-state index in [1.54, 1.807) is 26.8 Å². The maximum atomic E-state index is 11.4. The first-order valence-electron chi connectivity index (χ1n) is 4.79. The summed E-state index contributed by atoms with van der Waals surface area (Å²) in [5.74, 6) is -0.188. The van der Waals surface area contributed by atoms with Gasteiger partial charge in [0.1, 0.15) is 5.60 Å². The Balaban J connectivity index is 2.92. The van der Waals surface area contributed by atoms with E-state index in [1.807, 2.05) is 0 Å². The lowest BCUT2D eigenvalue weighted by molar-refractivity contribution is 0.0603. The number of azide groups is 1. The minimum atomic E-state index is -0.838. The third kappa shape index (κ3) is 4.35. The van der Waals surface area contributed by atoms with Crippen LogP contribution in [0.15, 0.2) is 28.6 Å². The van der Waals surface area contributed by atoms with E-state index in [1.165, 1.54) is 17.1 Å². The van der Waals surface area contributed by atoms with Crippen molar-refractivity contribution in [3.8, 4) is 0 Å². The van der Waals surface area contributed by atoms with E-state index in [9.17, 15) is 4.79 Å². The van der Waals surface area contributed by atoms with Crippen molar-refractivity contribution in [2.24, 2.45) is 10.1 Å². The molecule has 0 atom stereocenters. The summed E-state index contributed by atoms with van der Waals surface area (Å²) < 4.78 is 6.13. The molecule has 1 rings (SSSR count). The van der Waals surface area contributed by atoms with Crippen LogP contribution in [0.3, 0.4) is 0 Å². The quantitative estimate of drug-likeness (QED) is 0.227. The molecule has 0 radical (unpaired) electrons. The van der Waals surface area contributed by atoms with Crippen molar-refractivity contribution in [2.45, 2.75) is 26.4 Å². The predicted molar refractivity (Wildman–Crippen MR) is 60.4 cm³/mol. The second-order valence-electron chi connectivity index (χ2n) is 4.03. The number of ether oxygens (including phenoxy) is 1. The number of amides is 1. The van der Waals surface area contributed by atoms with Gasteiger partial charge in [0.05, 0.1) is 0 Å². The molecule has 0 N–H and O–H groups in total. The highest BCUT2D eigenvalue weighted by molar-refractivity contribution is 5.91. The van der Waals surface area contributed by atoms with Gasteiger partial charge >= 0.3 is 6.09 Å². The molecule has 8 heteroatoms. The lowest BCUT2D eigenvalue weighted by Gasteiger charge is -2.17. The molecule has 0 spiro atoms. The summed E-state index contributed by atoms with van der Waals surface area (Å²) in [6, 6.07) is 1.61. The standard InChI is InChI=1S/C9H12N6O2/c1-9(2,3)17-8(16)12-7(13-14-10)15-6-4-5-11-15/h4-6H,1-3H3. The predicted octanol–water partition coefficient (Wildman–Crippen LogP) is 2.33. The van der Waals surface area contributed by atoms with Gasteiger partial charge in [-0.05, 0) is 37.5 Å². The molecule has 0 aliphatic heterocycles. The van der Waals surface area contributed by atoms with Gasteiger partial charge in [0, 0.05) is 17.3 Å². The van der Waals surface area contributed by atoms with Crippen LogP contribution >= 0.6 is 0 Å². The Labute approximate surface area is 97.5 Å². The highest BCUT2D eigenvalue weighted by atomic mass is 16.6.